The first-order valence-electron chi connectivity index (χ1n) is 16.7. The van der Waals surface area contributed by atoms with Gasteiger partial charge in [-0.3, -0.25) is 0 Å². The molecule has 0 spiro atoms. The van der Waals surface area contributed by atoms with Crippen LogP contribution in [0.15, 0.2) is 109 Å². The Morgan fingerprint density at radius 3 is 1.02 bits per heavy atom. The van der Waals surface area contributed by atoms with E-state index in [4.69, 9.17) is 0 Å². The van der Waals surface area contributed by atoms with Crippen molar-refractivity contribution < 1.29 is 72.2 Å². The second-order valence-electron chi connectivity index (χ2n) is 11.9. The summed E-state index contributed by atoms with van der Waals surface area (Å²) in [6, 6.07) is 34.6. The molecule has 16 heteroatoms. The molecule has 6 rings (SSSR count). The number of aliphatic hydroxyl groups excluding tert-OH is 2. The quantitative estimate of drug-likeness (QED) is 0.0518. The van der Waals surface area contributed by atoms with Crippen molar-refractivity contribution in [2.75, 3.05) is 45.1 Å². The van der Waals surface area contributed by atoms with Crippen molar-refractivity contribution in [1.29, 1.82) is 0 Å². The van der Waals surface area contributed by atoms with Crippen molar-refractivity contribution in [3.05, 3.63) is 120 Å². The van der Waals surface area contributed by atoms with Crippen LogP contribution >= 0.6 is 0 Å². The van der Waals surface area contributed by atoms with Crippen LogP contribution in [0.3, 0.4) is 0 Å². The van der Waals surface area contributed by atoms with Gasteiger partial charge in [0.1, 0.15) is 0 Å². The summed E-state index contributed by atoms with van der Waals surface area (Å²) in [7, 11) is 0. The van der Waals surface area contributed by atoms with E-state index in [1.807, 2.05) is 135 Å². The van der Waals surface area contributed by atoms with Gasteiger partial charge in [-0.2, -0.15) is 29.9 Å². The molecule has 54 heavy (non-hydrogen) atoms. The van der Waals surface area contributed by atoms with Gasteiger partial charge in [-0.05, 0) is 73.5 Å². The molecule has 0 radical (unpaired) electrons. The van der Waals surface area contributed by atoms with Crippen LogP contribution in [0.5, 0.6) is 0 Å². The summed E-state index contributed by atoms with van der Waals surface area (Å²) in [5.41, 5.74) is 5.30. The Bertz CT molecular complexity index is 1920. The maximum Gasteiger partial charge on any atom is 1.00 e. The SMILES string of the molecule is CC(CO)Nc1nc(Nc2ccccc2)nc(Nc2ccc(C=Cc3ccc(Nc4nc(Nc5ccccc5)nc(NC(C)CO)n4)cc3)cc2)n1.[H-].[H-].[Na+].[Na+]. The monoisotopic (exact) mass is 744 g/mol. The molecule has 0 aliphatic rings. The van der Waals surface area contributed by atoms with Crippen molar-refractivity contribution in [3.8, 4) is 0 Å². The Hall–Kier alpha value is -4.64. The molecule has 0 saturated carbocycles. The molecule has 8 N–H and O–H groups in total. The molecule has 2 aromatic heterocycles. The molecule has 2 heterocycles. The molecule has 0 aliphatic carbocycles. The number of benzene rings is 4. The molecule has 2 unspecified atom stereocenters. The van der Waals surface area contributed by atoms with Crippen LogP contribution in [0.2, 0.25) is 0 Å². The zero-order chi connectivity index (χ0) is 36.1. The maximum atomic E-state index is 9.51. The number of aliphatic hydroxyl groups is 2. The molecule has 0 fully saturated rings. The summed E-state index contributed by atoms with van der Waals surface area (Å²) in [5, 5.41) is 38.1. The Morgan fingerprint density at radius 2 is 0.722 bits per heavy atom. The van der Waals surface area contributed by atoms with Crippen LogP contribution < -0.4 is 91.0 Å². The van der Waals surface area contributed by atoms with Gasteiger partial charge in [0.15, 0.2) is 0 Å². The predicted molar refractivity (Wildman–Crippen MR) is 210 cm³/mol. The van der Waals surface area contributed by atoms with Crippen LogP contribution in [0.1, 0.15) is 27.8 Å². The number of rotatable bonds is 16. The maximum absolute atomic E-state index is 9.51. The fourth-order valence-corrected chi connectivity index (χ4v) is 4.74. The van der Waals surface area contributed by atoms with Gasteiger partial charge < -0.3 is 45.0 Å². The Kier molecular flexibility index (Phi) is 16.6. The van der Waals surface area contributed by atoms with Gasteiger partial charge in [0.05, 0.1) is 13.2 Å². The predicted octanol–water partition coefficient (Wildman–Crippen LogP) is 1.02. The average Bonchev–Trinajstić information content (AvgIpc) is 3.15. The van der Waals surface area contributed by atoms with Crippen molar-refractivity contribution in [1.82, 2.24) is 29.9 Å². The van der Waals surface area contributed by atoms with Gasteiger partial charge in [0.2, 0.25) is 35.7 Å². The average molecular weight is 745 g/mol. The van der Waals surface area contributed by atoms with E-state index in [1.54, 1.807) is 0 Å². The van der Waals surface area contributed by atoms with Gasteiger partial charge in [0.25, 0.3) is 0 Å². The van der Waals surface area contributed by atoms with E-state index < -0.39 is 0 Å². The molecule has 0 bridgehead atoms. The minimum absolute atomic E-state index is 0. The normalized spacial score (nSPS) is 11.7. The third-order valence-corrected chi connectivity index (χ3v) is 7.43. The number of aromatic nitrogens is 6. The summed E-state index contributed by atoms with van der Waals surface area (Å²) < 4.78 is 0. The topological polar surface area (TPSA) is 190 Å². The standard InChI is InChI=1S/C38H40N12O2.2Na.2H/c1-25(23-51)39-33-45-35(41-29-9-5-3-6-10-29)49-37(47-33)43-31-19-15-27(16-20-31)13-14-28-17-21-32(22-18-28)44-38-48-34(40-26(2)24-52)46-36(50-38)42-30-11-7-4-8-12-30;;;;/h3-22,25-26,51-52H,23-24H2,1-2H3,(H3,39,41,43,45,47,49)(H3,40,42,44,46,48,50);;;;/q;2*+1;2*-1. The smallest absolute Gasteiger partial charge is 1.00 e. The third kappa shape index (κ3) is 13.0. The number of nitrogens with one attached hydrogen (secondary N) is 6. The summed E-state index contributed by atoms with van der Waals surface area (Å²) in [4.78, 5) is 27.0. The Labute approximate surface area is 361 Å². The van der Waals surface area contributed by atoms with E-state index in [9.17, 15) is 10.2 Å². The van der Waals surface area contributed by atoms with Crippen LogP contribution in [0, 0.1) is 0 Å². The van der Waals surface area contributed by atoms with Crippen molar-refractivity contribution >= 4 is 70.6 Å². The Balaban J connectivity index is 0.00000271. The van der Waals surface area contributed by atoms with Crippen molar-refractivity contribution in [2.24, 2.45) is 0 Å². The summed E-state index contributed by atoms with van der Waals surface area (Å²) in [6.07, 6.45) is 4.06. The molecule has 0 saturated heterocycles. The summed E-state index contributed by atoms with van der Waals surface area (Å²) in [5.74, 6) is 2.11. The second kappa shape index (κ2) is 21.3. The zero-order valence-corrected chi connectivity index (χ0v) is 34.7. The van der Waals surface area contributed by atoms with Crippen molar-refractivity contribution in [3.63, 3.8) is 0 Å². The zero-order valence-electron chi connectivity index (χ0n) is 32.7. The third-order valence-electron chi connectivity index (χ3n) is 7.43. The van der Waals surface area contributed by atoms with E-state index in [1.165, 1.54) is 0 Å². The van der Waals surface area contributed by atoms with Gasteiger partial charge in [-0.1, -0.05) is 72.8 Å². The molecular weight excluding hydrogens is 702 g/mol. The molecule has 2 atom stereocenters. The summed E-state index contributed by atoms with van der Waals surface area (Å²) >= 11 is 0. The molecule has 4 aromatic carbocycles. The molecule has 0 aliphatic heterocycles. The Morgan fingerprint density at radius 1 is 0.444 bits per heavy atom. The van der Waals surface area contributed by atoms with Crippen LogP contribution in [-0.2, 0) is 0 Å². The molecule has 0 amide bonds. The fraction of sp³-hybridized carbons (Fsp3) is 0.158. The van der Waals surface area contributed by atoms with E-state index in [0.717, 1.165) is 33.9 Å². The van der Waals surface area contributed by atoms with E-state index in [-0.39, 0.29) is 87.3 Å². The first-order valence-corrected chi connectivity index (χ1v) is 16.7. The summed E-state index contributed by atoms with van der Waals surface area (Å²) in [6.45, 7) is 3.55. The van der Waals surface area contributed by atoms with E-state index in [2.05, 4.69) is 61.8 Å². The largest absolute Gasteiger partial charge is 1.00 e. The van der Waals surface area contributed by atoms with Gasteiger partial charge in [-0.15, -0.1) is 0 Å². The van der Waals surface area contributed by atoms with E-state index >= 15 is 0 Å². The van der Waals surface area contributed by atoms with Gasteiger partial charge in [0, 0.05) is 34.8 Å². The number of hydrogen-bond acceptors (Lipinski definition) is 14. The van der Waals surface area contributed by atoms with Crippen LogP contribution in [-0.4, -0.2) is 65.4 Å². The molecule has 6 aromatic rings. The molecular formula is C38H42N12Na2O2. The fourth-order valence-electron chi connectivity index (χ4n) is 4.74. The number of nitrogens with zero attached hydrogens (tertiary/aromatic N) is 6. The molecule has 14 nitrogen and oxygen atoms in total. The van der Waals surface area contributed by atoms with Crippen LogP contribution in [0.4, 0.5) is 58.4 Å². The van der Waals surface area contributed by atoms with Gasteiger partial charge in [-0.25, -0.2) is 0 Å². The first-order chi connectivity index (χ1) is 25.4. The number of anilines is 10. The first kappa shape index (κ1) is 42.1. The van der Waals surface area contributed by atoms with Gasteiger partial charge >= 0.3 is 59.1 Å². The van der Waals surface area contributed by atoms with E-state index in [0.29, 0.717) is 35.7 Å². The minimum Gasteiger partial charge on any atom is -1.00 e. The molecule has 268 valence electrons. The second-order valence-corrected chi connectivity index (χ2v) is 11.9. The number of para-hydroxylation sites is 2. The minimum atomic E-state index is -0.234. The van der Waals surface area contributed by atoms with Crippen molar-refractivity contribution in [2.45, 2.75) is 25.9 Å². The van der Waals surface area contributed by atoms with Crippen LogP contribution in [0.25, 0.3) is 12.2 Å². The number of hydrogen-bond donors (Lipinski definition) is 8.